The van der Waals surface area contributed by atoms with Crippen molar-refractivity contribution in [2.24, 2.45) is 17.9 Å². The Morgan fingerprint density at radius 3 is 2.81 bits per heavy atom. The topological polar surface area (TPSA) is 123 Å². The summed E-state index contributed by atoms with van der Waals surface area (Å²) in [4.78, 5) is 0. The first kappa shape index (κ1) is 15.8. The fourth-order valence-corrected chi connectivity index (χ4v) is 4.88. The number of halogens is 1. The molecule has 2 heterocycles. The number of rotatable bonds is 4. The average Bonchev–Trinajstić information content (AvgIpc) is 2.94. The predicted molar refractivity (Wildman–Crippen MR) is 83.3 cm³/mol. The number of sulfonamides is 1. The second-order valence-corrected chi connectivity index (χ2v) is 8.42. The number of oxime groups is 1. The van der Waals surface area contributed by atoms with Crippen LogP contribution >= 0.6 is 27.3 Å². The molecule has 0 saturated carbocycles. The number of thiophene rings is 1. The van der Waals surface area contributed by atoms with Crippen LogP contribution in [-0.4, -0.2) is 29.2 Å². The Morgan fingerprint density at radius 2 is 2.29 bits per heavy atom. The number of hydrogen-bond acceptors (Lipinski definition) is 6. The van der Waals surface area contributed by atoms with Gasteiger partial charge < -0.3 is 10.9 Å². The van der Waals surface area contributed by atoms with Gasteiger partial charge in [-0.3, -0.25) is 9.40 Å². The van der Waals surface area contributed by atoms with Crippen LogP contribution in [0, 0.1) is 6.92 Å². The van der Waals surface area contributed by atoms with E-state index in [1.54, 1.807) is 20.0 Å². The molecule has 11 heteroatoms. The van der Waals surface area contributed by atoms with E-state index in [2.05, 4.69) is 30.9 Å². The summed E-state index contributed by atoms with van der Waals surface area (Å²) in [6.45, 7) is 1.80. The lowest BCUT2D eigenvalue weighted by Crippen LogP contribution is -2.19. The summed E-state index contributed by atoms with van der Waals surface area (Å²) in [5.74, 6) is -0.114. The van der Waals surface area contributed by atoms with Crippen LogP contribution in [0.4, 0.5) is 5.82 Å². The first-order valence-electron chi connectivity index (χ1n) is 5.55. The zero-order valence-electron chi connectivity index (χ0n) is 11.0. The Labute approximate surface area is 133 Å². The van der Waals surface area contributed by atoms with Crippen molar-refractivity contribution in [3.63, 3.8) is 0 Å². The summed E-state index contributed by atoms with van der Waals surface area (Å²) in [6.07, 6.45) is 1.31. The van der Waals surface area contributed by atoms with Gasteiger partial charge in [0.1, 0.15) is 10.0 Å². The zero-order chi connectivity index (χ0) is 15.8. The maximum Gasteiger partial charge on any atom is 0.272 e. The van der Waals surface area contributed by atoms with Gasteiger partial charge in [-0.2, -0.15) is 5.10 Å². The Bertz CT molecular complexity index is 789. The van der Waals surface area contributed by atoms with E-state index in [1.165, 1.54) is 10.9 Å². The van der Waals surface area contributed by atoms with Crippen molar-refractivity contribution in [1.29, 1.82) is 0 Å². The van der Waals surface area contributed by atoms with Gasteiger partial charge in [0.05, 0.1) is 15.5 Å². The second kappa shape index (κ2) is 5.66. The monoisotopic (exact) mass is 393 g/mol. The first-order chi connectivity index (χ1) is 9.76. The molecule has 0 aliphatic carbocycles. The molecular weight excluding hydrogens is 382 g/mol. The number of nitrogens with two attached hydrogens (primary N) is 1. The second-order valence-electron chi connectivity index (χ2n) is 4.14. The molecule has 2 aromatic heterocycles. The van der Waals surface area contributed by atoms with E-state index in [1.807, 2.05) is 0 Å². The van der Waals surface area contributed by atoms with Gasteiger partial charge in [-0.25, -0.2) is 8.42 Å². The highest BCUT2D eigenvalue weighted by Gasteiger charge is 2.23. The smallest absolute Gasteiger partial charge is 0.272 e. The Kier molecular flexibility index (Phi) is 4.25. The number of hydrogen-bond donors (Lipinski definition) is 3. The van der Waals surface area contributed by atoms with E-state index in [9.17, 15) is 8.42 Å². The normalized spacial score (nSPS) is 12.6. The minimum absolute atomic E-state index is 0.118. The molecule has 0 saturated heterocycles. The summed E-state index contributed by atoms with van der Waals surface area (Å²) in [5, 5.41) is 15.5. The van der Waals surface area contributed by atoms with E-state index in [0.717, 1.165) is 20.7 Å². The van der Waals surface area contributed by atoms with Crippen LogP contribution in [0.1, 0.15) is 11.1 Å². The van der Waals surface area contributed by atoms with Crippen LogP contribution in [-0.2, 0) is 17.1 Å². The van der Waals surface area contributed by atoms with Crippen molar-refractivity contribution in [1.82, 2.24) is 9.78 Å². The SMILES string of the molecule is Cc1cc(S(=O)(=O)Nc2c(/C(N)=N/O)cnn2C)sc1Br. The quantitative estimate of drug-likeness (QED) is 0.314. The van der Waals surface area contributed by atoms with Crippen molar-refractivity contribution >= 4 is 48.9 Å². The van der Waals surface area contributed by atoms with E-state index >= 15 is 0 Å². The van der Waals surface area contributed by atoms with Gasteiger partial charge in [0.15, 0.2) is 5.84 Å². The van der Waals surface area contributed by atoms with Gasteiger partial charge >= 0.3 is 0 Å². The molecule has 114 valence electrons. The van der Waals surface area contributed by atoms with Crippen molar-refractivity contribution in [2.45, 2.75) is 11.1 Å². The van der Waals surface area contributed by atoms with Crippen LogP contribution in [0.5, 0.6) is 0 Å². The van der Waals surface area contributed by atoms with E-state index in [4.69, 9.17) is 10.9 Å². The molecule has 0 aliphatic heterocycles. The number of aromatic nitrogens is 2. The van der Waals surface area contributed by atoms with E-state index in [0.29, 0.717) is 0 Å². The third-order valence-electron chi connectivity index (χ3n) is 2.65. The summed E-state index contributed by atoms with van der Waals surface area (Å²) in [6, 6.07) is 1.55. The highest BCUT2D eigenvalue weighted by Crippen LogP contribution is 2.31. The molecule has 2 aromatic rings. The molecule has 0 radical (unpaired) electrons. The van der Waals surface area contributed by atoms with Crippen molar-refractivity contribution in [2.75, 3.05) is 4.72 Å². The molecule has 0 unspecified atom stereocenters. The highest BCUT2D eigenvalue weighted by atomic mass is 79.9. The highest BCUT2D eigenvalue weighted by molar-refractivity contribution is 9.11. The van der Waals surface area contributed by atoms with Gasteiger partial charge in [-0.1, -0.05) is 5.16 Å². The number of amidine groups is 1. The summed E-state index contributed by atoms with van der Waals surface area (Å²) in [5.41, 5.74) is 6.51. The fraction of sp³-hybridized carbons (Fsp3) is 0.200. The fourth-order valence-electron chi connectivity index (χ4n) is 1.54. The molecule has 0 fully saturated rings. The zero-order valence-corrected chi connectivity index (χ0v) is 14.3. The molecule has 0 aromatic carbocycles. The Balaban J connectivity index is 2.44. The molecule has 2 rings (SSSR count). The van der Waals surface area contributed by atoms with E-state index < -0.39 is 10.0 Å². The lowest BCUT2D eigenvalue weighted by Gasteiger charge is -2.08. The largest absolute Gasteiger partial charge is 0.409 e. The maximum atomic E-state index is 12.4. The van der Waals surface area contributed by atoms with Crippen LogP contribution < -0.4 is 10.5 Å². The molecule has 4 N–H and O–H groups in total. The predicted octanol–water partition coefficient (Wildman–Crippen LogP) is 1.45. The van der Waals surface area contributed by atoms with Crippen LogP contribution in [0.3, 0.4) is 0 Å². The van der Waals surface area contributed by atoms with Crippen molar-refractivity contribution in [3.8, 4) is 0 Å². The molecule has 8 nitrogen and oxygen atoms in total. The standard InChI is InChI=1S/C10H12BrN5O3S2/c1-5-3-7(20-8(5)11)21(18,19)15-10-6(9(12)14-17)4-13-16(10)2/h3-4,15,17H,1-2H3,(H2,12,14). The Hall–Kier alpha value is -1.59. The maximum absolute atomic E-state index is 12.4. The number of nitrogens with one attached hydrogen (secondary N) is 1. The molecule has 0 bridgehead atoms. The minimum atomic E-state index is -3.79. The van der Waals surface area contributed by atoms with Gasteiger partial charge in [0.25, 0.3) is 10.0 Å². The van der Waals surface area contributed by atoms with Gasteiger partial charge in [0.2, 0.25) is 0 Å². The Morgan fingerprint density at radius 1 is 1.62 bits per heavy atom. The summed E-state index contributed by atoms with van der Waals surface area (Å²) < 4.78 is 29.3. The third kappa shape index (κ3) is 3.04. The van der Waals surface area contributed by atoms with Crippen LogP contribution in [0.2, 0.25) is 0 Å². The van der Waals surface area contributed by atoms with Gasteiger partial charge in [0, 0.05) is 7.05 Å². The van der Waals surface area contributed by atoms with Gasteiger partial charge in [-0.05, 0) is 34.5 Å². The van der Waals surface area contributed by atoms with Crippen LogP contribution in [0.25, 0.3) is 0 Å². The number of nitrogens with zero attached hydrogens (tertiary/aromatic N) is 3. The average molecular weight is 394 g/mol. The molecule has 0 aliphatic rings. The molecular formula is C10H12BrN5O3S2. The minimum Gasteiger partial charge on any atom is -0.409 e. The molecule has 0 atom stereocenters. The van der Waals surface area contributed by atoms with Crippen LogP contribution in [0.15, 0.2) is 25.4 Å². The third-order valence-corrected chi connectivity index (χ3v) is 6.60. The molecule has 0 amide bonds. The lowest BCUT2D eigenvalue weighted by molar-refractivity contribution is 0.318. The molecule has 21 heavy (non-hydrogen) atoms. The van der Waals surface area contributed by atoms with Gasteiger partial charge in [-0.15, -0.1) is 11.3 Å². The lowest BCUT2D eigenvalue weighted by atomic mass is 10.3. The van der Waals surface area contributed by atoms with Crippen molar-refractivity contribution in [3.05, 3.63) is 27.2 Å². The van der Waals surface area contributed by atoms with Crippen molar-refractivity contribution < 1.29 is 13.6 Å². The first-order valence-corrected chi connectivity index (χ1v) is 8.64. The summed E-state index contributed by atoms with van der Waals surface area (Å²) in [7, 11) is -2.24. The molecule has 0 spiro atoms. The van der Waals surface area contributed by atoms with E-state index in [-0.39, 0.29) is 21.4 Å². The summed E-state index contributed by atoms with van der Waals surface area (Å²) >= 11 is 4.38. The number of aryl methyl sites for hydroxylation is 2. The number of anilines is 1.